The van der Waals surface area contributed by atoms with Gasteiger partial charge < -0.3 is 10.6 Å². The summed E-state index contributed by atoms with van der Waals surface area (Å²) in [5, 5.41) is 17.8. The van der Waals surface area contributed by atoms with Crippen LogP contribution in [0.25, 0.3) is 10.6 Å². The fourth-order valence-electron chi connectivity index (χ4n) is 3.10. The Hall–Kier alpha value is -3.26. The lowest BCUT2D eigenvalue weighted by Gasteiger charge is -2.23. The van der Waals surface area contributed by atoms with Crippen molar-refractivity contribution in [3.05, 3.63) is 59.2 Å². The SMILES string of the molecule is CCC(C)C(NC(=O)Nc1ccc(C)c(C)c1)C(=O)Nc1nnc(-c2ccc(C)cc2)s1. The monoisotopic (exact) mass is 451 g/mol. The zero-order valence-electron chi connectivity index (χ0n) is 19.0. The highest BCUT2D eigenvalue weighted by atomic mass is 32.1. The van der Waals surface area contributed by atoms with E-state index in [9.17, 15) is 9.59 Å². The number of carbonyl (C=O) groups excluding carboxylic acids is 2. The molecule has 0 radical (unpaired) electrons. The minimum atomic E-state index is -0.710. The Morgan fingerprint density at radius 3 is 2.34 bits per heavy atom. The van der Waals surface area contributed by atoms with Gasteiger partial charge in [0.15, 0.2) is 0 Å². The number of anilines is 2. The molecule has 3 aromatic rings. The Bertz CT molecular complexity index is 1090. The van der Waals surface area contributed by atoms with E-state index in [-0.39, 0.29) is 11.8 Å². The molecular formula is C24H29N5O2S. The molecule has 0 bridgehead atoms. The van der Waals surface area contributed by atoms with Crippen molar-refractivity contribution >= 4 is 34.1 Å². The molecule has 3 rings (SSSR count). The number of amides is 3. The molecule has 8 heteroatoms. The second-order valence-corrected chi connectivity index (χ2v) is 9.01. The van der Waals surface area contributed by atoms with Crippen molar-refractivity contribution in [2.75, 3.05) is 10.6 Å². The van der Waals surface area contributed by atoms with Crippen LogP contribution in [0.4, 0.5) is 15.6 Å². The van der Waals surface area contributed by atoms with E-state index in [1.54, 1.807) is 0 Å². The number of nitrogens with one attached hydrogen (secondary N) is 3. The summed E-state index contributed by atoms with van der Waals surface area (Å²) in [6, 6.07) is 12.5. The van der Waals surface area contributed by atoms with Gasteiger partial charge in [0.1, 0.15) is 11.0 Å². The van der Waals surface area contributed by atoms with Gasteiger partial charge in [0.25, 0.3) is 0 Å². The molecule has 2 aromatic carbocycles. The predicted octanol–water partition coefficient (Wildman–Crippen LogP) is 5.31. The molecule has 2 unspecified atom stereocenters. The van der Waals surface area contributed by atoms with Crippen LogP contribution in [0.5, 0.6) is 0 Å². The van der Waals surface area contributed by atoms with Gasteiger partial charge >= 0.3 is 6.03 Å². The molecule has 168 valence electrons. The average molecular weight is 452 g/mol. The molecular weight excluding hydrogens is 422 g/mol. The lowest BCUT2D eigenvalue weighted by atomic mass is 9.98. The number of hydrogen-bond donors (Lipinski definition) is 3. The van der Waals surface area contributed by atoms with Gasteiger partial charge in [-0.3, -0.25) is 10.1 Å². The van der Waals surface area contributed by atoms with E-state index in [0.717, 1.165) is 33.7 Å². The first kappa shape index (κ1) is 23.4. The van der Waals surface area contributed by atoms with Crippen LogP contribution < -0.4 is 16.0 Å². The molecule has 3 amide bonds. The Kier molecular flexibility index (Phi) is 7.58. The van der Waals surface area contributed by atoms with Crippen molar-refractivity contribution in [2.45, 2.75) is 47.1 Å². The molecule has 0 spiro atoms. The van der Waals surface area contributed by atoms with Crippen LogP contribution in [-0.2, 0) is 4.79 Å². The van der Waals surface area contributed by atoms with Crippen LogP contribution >= 0.6 is 11.3 Å². The zero-order chi connectivity index (χ0) is 23.3. The summed E-state index contributed by atoms with van der Waals surface area (Å²) in [7, 11) is 0. The van der Waals surface area contributed by atoms with Gasteiger partial charge in [0, 0.05) is 11.3 Å². The molecule has 0 aliphatic heterocycles. The summed E-state index contributed by atoms with van der Waals surface area (Å²) in [6.07, 6.45) is 0.729. The molecule has 1 aromatic heterocycles. The van der Waals surface area contributed by atoms with Crippen LogP contribution in [0.1, 0.15) is 37.0 Å². The summed E-state index contributed by atoms with van der Waals surface area (Å²) in [6.45, 7) is 9.93. The molecule has 0 fully saturated rings. The molecule has 1 heterocycles. The van der Waals surface area contributed by atoms with Crippen LogP contribution in [-0.4, -0.2) is 28.2 Å². The van der Waals surface area contributed by atoms with Gasteiger partial charge in [-0.1, -0.05) is 67.5 Å². The zero-order valence-corrected chi connectivity index (χ0v) is 19.8. The van der Waals surface area contributed by atoms with E-state index in [1.165, 1.54) is 11.3 Å². The Morgan fingerprint density at radius 2 is 1.69 bits per heavy atom. The second kappa shape index (κ2) is 10.4. The number of hydrogen-bond acceptors (Lipinski definition) is 5. The maximum absolute atomic E-state index is 13.0. The van der Waals surface area contributed by atoms with E-state index in [1.807, 2.05) is 77.1 Å². The molecule has 3 N–H and O–H groups in total. The highest BCUT2D eigenvalue weighted by molar-refractivity contribution is 7.18. The number of nitrogens with zero attached hydrogens (tertiary/aromatic N) is 2. The minimum Gasteiger partial charge on any atom is -0.326 e. The van der Waals surface area contributed by atoms with E-state index in [4.69, 9.17) is 0 Å². The normalized spacial score (nSPS) is 12.7. The van der Waals surface area contributed by atoms with Crippen molar-refractivity contribution in [2.24, 2.45) is 5.92 Å². The van der Waals surface area contributed by atoms with Gasteiger partial charge in [-0.25, -0.2) is 4.79 Å². The van der Waals surface area contributed by atoms with E-state index < -0.39 is 12.1 Å². The van der Waals surface area contributed by atoms with E-state index in [0.29, 0.717) is 10.8 Å². The third-order valence-electron chi connectivity index (χ3n) is 5.50. The third-order valence-corrected chi connectivity index (χ3v) is 6.39. The lowest BCUT2D eigenvalue weighted by Crippen LogP contribution is -2.49. The predicted molar refractivity (Wildman–Crippen MR) is 130 cm³/mol. The summed E-state index contributed by atoms with van der Waals surface area (Å²) in [5.41, 5.74) is 5.02. The van der Waals surface area contributed by atoms with Crippen molar-refractivity contribution in [1.82, 2.24) is 15.5 Å². The Labute approximate surface area is 192 Å². The summed E-state index contributed by atoms with van der Waals surface area (Å²) < 4.78 is 0. The highest BCUT2D eigenvalue weighted by Gasteiger charge is 2.27. The molecule has 0 aliphatic rings. The van der Waals surface area contributed by atoms with Gasteiger partial charge in [0.05, 0.1) is 0 Å². The number of aryl methyl sites for hydroxylation is 3. The first-order valence-electron chi connectivity index (χ1n) is 10.6. The summed E-state index contributed by atoms with van der Waals surface area (Å²) >= 11 is 1.30. The van der Waals surface area contributed by atoms with Crippen molar-refractivity contribution in [3.63, 3.8) is 0 Å². The molecule has 0 saturated carbocycles. The maximum Gasteiger partial charge on any atom is 0.319 e. The molecule has 0 saturated heterocycles. The quantitative estimate of drug-likeness (QED) is 0.454. The van der Waals surface area contributed by atoms with Gasteiger partial charge in [-0.15, -0.1) is 10.2 Å². The molecule has 32 heavy (non-hydrogen) atoms. The summed E-state index contributed by atoms with van der Waals surface area (Å²) in [4.78, 5) is 25.6. The molecule has 0 aliphatic carbocycles. The largest absolute Gasteiger partial charge is 0.326 e. The highest BCUT2D eigenvalue weighted by Crippen LogP contribution is 2.27. The van der Waals surface area contributed by atoms with Gasteiger partial charge in [-0.2, -0.15) is 0 Å². The van der Waals surface area contributed by atoms with Crippen LogP contribution in [0.2, 0.25) is 0 Å². The van der Waals surface area contributed by atoms with Crippen molar-refractivity contribution in [1.29, 1.82) is 0 Å². The van der Waals surface area contributed by atoms with Crippen molar-refractivity contribution in [3.8, 4) is 10.6 Å². The summed E-state index contributed by atoms with van der Waals surface area (Å²) in [5.74, 6) is -0.383. The minimum absolute atomic E-state index is 0.0648. The molecule has 2 atom stereocenters. The topological polar surface area (TPSA) is 96.0 Å². The first-order chi connectivity index (χ1) is 15.3. The van der Waals surface area contributed by atoms with Crippen LogP contribution in [0, 0.1) is 26.7 Å². The fourth-order valence-corrected chi connectivity index (χ4v) is 3.85. The fraction of sp³-hybridized carbons (Fsp3) is 0.333. The standard InChI is InChI=1S/C24H29N5O2S/c1-6-15(3)20(26-23(31)25-19-12-9-16(4)17(5)13-19)21(30)27-24-29-28-22(32-24)18-10-7-14(2)8-11-18/h7-13,15,20H,6H2,1-5H3,(H2,25,26,31)(H,27,29,30). The number of urea groups is 1. The Balaban J connectivity index is 1.67. The van der Waals surface area contributed by atoms with Crippen LogP contribution in [0.15, 0.2) is 42.5 Å². The van der Waals surface area contributed by atoms with E-state index >= 15 is 0 Å². The van der Waals surface area contributed by atoms with Crippen LogP contribution in [0.3, 0.4) is 0 Å². The molecule has 7 nitrogen and oxygen atoms in total. The van der Waals surface area contributed by atoms with Gasteiger partial charge in [0.2, 0.25) is 11.0 Å². The number of aromatic nitrogens is 2. The first-order valence-corrected chi connectivity index (χ1v) is 11.4. The number of carbonyl (C=O) groups is 2. The Morgan fingerprint density at radius 1 is 0.969 bits per heavy atom. The van der Waals surface area contributed by atoms with Crippen molar-refractivity contribution < 1.29 is 9.59 Å². The number of benzene rings is 2. The van der Waals surface area contributed by atoms with E-state index in [2.05, 4.69) is 26.1 Å². The lowest BCUT2D eigenvalue weighted by molar-refractivity contribution is -0.119. The maximum atomic E-state index is 13.0. The smallest absolute Gasteiger partial charge is 0.319 e. The average Bonchev–Trinajstić information content (AvgIpc) is 3.23. The number of rotatable bonds is 7. The second-order valence-electron chi connectivity index (χ2n) is 8.03. The van der Waals surface area contributed by atoms with Gasteiger partial charge in [-0.05, 0) is 49.9 Å². The third kappa shape index (κ3) is 5.91.